The van der Waals surface area contributed by atoms with E-state index in [0.717, 1.165) is 22.5 Å². The predicted octanol–water partition coefficient (Wildman–Crippen LogP) is 3.93. The number of amides is 1. The number of hydrogen-bond acceptors (Lipinski definition) is 8. The van der Waals surface area contributed by atoms with Crippen molar-refractivity contribution in [3.05, 3.63) is 64.4 Å². The second-order valence-electron chi connectivity index (χ2n) is 9.36. The van der Waals surface area contributed by atoms with Crippen LogP contribution in [0.2, 0.25) is 0 Å². The maximum absolute atomic E-state index is 13.7. The number of alkyl halides is 3. The van der Waals surface area contributed by atoms with E-state index in [4.69, 9.17) is 9.47 Å². The van der Waals surface area contributed by atoms with Crippen LogP contribution in [0.4, 0.5) is 29.3 Å². The standard InChI is InChI=1S/C23H23F3N4O7S/c1-22(2,3)36-20(31)27-14-7-8-18-17(10-14)30(12-15(35-18)11-19-28-21(32)37-29-19)38(33,34)16-6-4-5-13(9-16)23(24,25)26/h4-10,15H,11-12H2,1-3H3,(H,27,31)(H,28,29,32). The van der Waals surface area contributed by atoms with E-state index >= 15 is 0 Å². The lowest BCUT2D eigenvalue weighted by atomic mass is 10.1. The second kappa shape index (κ2) is 9.70. The lowest BCUT2D eigenvalue weighted by Crippen LogP contribution is -2.44. The van der Waals surface area contributed by atoms with E-state index in [9.17, 15) is 31.2 Å². The minimum absolute atomic E-state index is 0.0270. The Bertz CT molecular complexity index is 1510. The van der Waals surface area contributed by atoms with Gasteiger partial charge in [-0.15, -0.1) is 0 Å². The molecule has 2 N–H and O–H groups in total. The van der Waals surface area contributed by atoms with Crippen molar-refractivity contribution in [2.45, 2.75) is 50.0 Å². The summed E-state index contributed by atoms with van der Waals surface area (Å²) in [6.45, 7) is 4.65. The first-order chi connectivity index (χ1) is 17.6. The third-order valence-corrected chi connectivity index (χ3v) is 6.97. The van der Waals surface area contributed by atoms with Crippen molar-refractivity contribution >= 4 is 27.5 Å². The maximum Gasteiger partial charge on any atom is 0.438 e. The molecule has 2 heterocycles. The van der Waals surface area contributed by atoms with E-state index in [-0.39, 0.29) is 35.9 Å². The normalized spacial score (nSPS) is 15.9. The molecule has 2 aromatic carbocycles. The van der Waals surface area contributed by atoms with Gasteiger partial charge >= 0.3 is 18.0 Å². The molecule has 1 aliphatic heterocycles. The Kier molecular flexibility index (Phi) is 6.90. The Morgan fingerprint density at radius 2 is 1.95 bits per heavy atom. The number of sulfonamides is 1. The number of hydrogen-bond donors (Lipinski definition) is 2. The number of halogens is 3. The summed E-state index contributed by atoms with van der Waals surface area (Å²) in [6, 6.07) is 7.49. The Morgan fingerprint density at radius 1 is 1.21 bits per heavy atom. The monoisotopic (exact) mass is 556 g/mol. The highest BCUT2D eigenvalue weighted by atomic mass is 32.2. The first-order valence-electron chi connectivity index (χ1n) is 11.2. The molecule has 0 bridgehead atoms. The lowest BCUT2D eigenvalue weighted by Gasteiger charge is -2.35. The highest BCUT2D eigenvalue weighted by Crippen LogP contribution is 2.40. The van der Waals surface area contributed by atoms with Crippen LogP contribution in [-0.2, 0) is 27.4 Å². The van der Waals surface area contributed by atoms with Gasteiger partial charge in [-0.3, -0.25) is 19.1 Å². The summed E-state index contributed by atoms with van der Waals surface area (Å²) in [5.41, 5.74) is -1.80. The van der Waals surface area contributed by atoms with Crippen molar-refractivity contribution in [3.63, 3.8) is 0 Å². The average Bonchev–Trinajstić information content (AvgIpc) is 3.21. The first kappa shape index (κ1) is 27.0. The quantitative estimate of drug-likeness (QED) is 0.481. The third-order valence-electron chi connectivity index (χ3n) is 5.19. The second-order valence-corrected chi connectivity index (χ2v) is 11.2. The van der Waals surface area contributed by atoms with E-state index in [1.165, 1.54) is 18.2 Å². The summed E-state index contributed by atoms with van der Waals surface area (Å²) in [4.78, 5) is 25.3. The molecular formula is C23H23F3N4O7S. The van der Waals surface area contributed by atoms with Gasteiger partial charge in [-0.1, -0.05) is 11.2 Å². The number of ether oxygens (including phenoxy) is 2. The number of nitrogens with one attached hydrogen (secondary N) is 2. The van der Waals surface area contributed by atoms with Gasteiger partial charge in [0.2, 0.25) is 0 Å². The molecule has 38 heavy (non-hydrogen) atoms. The molecule has 15 heteroatoms. The zero-order chi connectivity index (χ0) is 27.9. The van der Waals surface area contributed by atoms with E-state index < -0.39 is 50.2 Å². The Labute approximate surface area is 214 Å². The number of benzene rings is 2. The summed E-state index contributed by atoms with van der Waals surface area (Å²) < 4.78 is 83.7. The number of nitrogens with zero attached hydrogens (tertiary/aromatic N) is 2. The van der Waals surface area contributed by atoms with E-state index in [1.54, 1.807) is 20.8 Å². The third kappa shape index (κ3) is 6.10. The number of fused-ring (bicyclic) bond motifs is 1. The van der Waals surface area contributed by atoms with Gasteiger partial charge < -0.3 is 9.47 Å². The summed E-state index contributed by atoms with van der Waals surface area (Å²) in [7, 11) is -4.56. The number of rotatable bonds is 5. The van der Waals surface area contributed by atoms with Crippen LogP contribution in [0.3, 0.4) is 0 Å². The van der Waals surface area contributed by atoms with Crippen LogP contribution in [0.1, 0.15) is 32.2 Å². The summed E-state index contributed by atoms with van der Waals surface area (Å²) >= 11 is 0. The van der Waals surface area contributed by atoms with Crippen LogP contribution in [-0.4, -0.2) is 42.9 Å². The molecular weight excluding hydrogens is 533 g/mol. The Hall–Kier alpha value is -4.01. The van der Waals surface area contributed by atoms with E-state index in [0.29, 0.717) is 6.07 Å². The van der Waals surface area contributed by atoms with Crippen LogP contribution in [0.25, 0.3) is 0 Å². The molecule has 0 saturated carbocycles. The zero-order valence-electron chi connectivity index (χ0n) is 20.3. The first-order valence-corrected chi connectivity index (χ1v) is 12.6. The maximum atomic E-state index is 13.7. The van der Waals surface area contributed by atoms with Gasteiger partial charge in [0.05, 0.1) is 22.7 Å². The lowest BCUT2D eigenvalue weighted by molar-refractivity contribution is -0.137. The van der Waals surface area contributed by atoms with E-state index in [1.807, 2.05) is 0 Å². The van der Waals surface area contributed by atoms with Gasteiger partial charge in [0.25, 0.3) is 10.0 Å². The fourth-order valence-electron chi connectivity index (χ4n) is 3.67. The molecule has 0 radical (unpaired) electrons. The van der Waals surface area contributed by atoms with Gasteiger partial charge in [-0.2, -0.15) is 13.2 Å². The molecule has 3 aromatic rings. The zero-order valence-corrected chi connectivity index (χ0v) is 21.1. The van der Waals surface area contributed by atoms with Crippen LogP contribution in [0, 0.1) is 0 Å². The van der Waals surface area contributed by atoms with Gasteiger partial charge in [-0.25, -0.2) is 18.0 Å². The van der Waals surface area contributed by atoms with Crippen LogP contribution >= 0.6 is 0 Å². The molecule has 1 aliphatic rings. The molecule has 0 saturated heterocycles. The average molecular weight is 557 g/mol. The smallest absolute Gasteiger partial charge is 0.438 e. The molecule has 204 valence electrons. The molecule has 11 nitrogen and oxygen atoms in total. The molecule has 4 rings (SSSR count). The summed E-state index contributed by atoms with van der Waals surface area (Å²) in [5.74, 6) is -0.664. The predicted molar refractivity (Wildman–Crippen MR) is 128 cm³/mol. The van der Waals surface area contributed by atoms with Crippen molar-refractivity contribution in [1.29, 1.82) is 0 Å². The molecule has 0 spiro atoms. The van der Waals surface area contributed by atoms with Crippen molar-refractivity contribution in [1.82, 2.24) is 10.1 Å². The minimum atomic E-state index is -4.76. The molecule has 1 aromatic heterocycles. The number of aromatic amines is 1. The molecule has 0 aliphatic carbocycles. The van der Waals surface area contributed by atoms with Crippen molar-refractivity contribution < 1.29 is 40.4 Å². The molecule has 1 atom stereocenters. The van der Waals surface area contributed by atoms with Crippen LogP contribution in [0.5, 0.6) is 5.75 Å². The minimum Gasteiger partial charge on any atom is -0.486 e. The van der Waals surface area contributed by atoms with Gasteiger partial charge in [0.15, 0.2) is 5.82 Å². The Balaban J connectivity index is 1.74. The number of carbonyl (C=O) groups excluding carboxylic acids is 1. The van der Waals surface area contributed by atoms with Gasteiger partial charge in [0, 0.05) is 12.1 Å². The highest BCUT2D eigenvalue weighted by molar-refractivity contribution is 7.92. The van der Waals surface area contributed by atoms with Crippen molar-refractivity contribution in [2.24, 2.45) is 0 Å². The van der Waals surface area contributed by atoms with E-state index in [2.05, 4.69) is 20.0 Å². The number of carbonyl (C=O) groups is 1. The molecule has 1 amide bonds. The molecule has 0 fully saturated rings. The highest BCUT2D eigenvalue weighted by Gasteiger charge is 2.37. The number of H-pyrrole nitrogens is 1. The van der Waals surface area contributed by atoms with Crippen LogP contribution < -0.4 is 20.1 Å². The Morgan fingerprint density at radius 3 is 2.58 bits per heavy atom. The van der Waals surface area contributed by atoms with Crippen molar-refractivity contribution in [2.75, 3.05) is 16.2 Å². The SMILES string of the molecule is CC(C)(C)OC(=O)Nc1ccc2c(c1)N(S(=O)(=O)c1cccc(C(F)(F)F)c1)CC(Cc1noc(=O)[nH]1)O2. The van der Waals surface area contributed by atoms with Gasteiger partial charge in [0.1, 0.15) is 17.5 Å². The fourth-order valence-corrected chi connectivity index (χ4v) is 5.21. The fraction of sp³-hybridized carbons (Fsp3) is 0.348. The largest absolute Gasteiger partial charge is 0.486 e. The number of aromatic nitrogens is 2. The number of anilines is 2. The van der Waals surface area contributed by atoms with Gasteiger partial charge in [-0.05, 0) is 57.2 Å². The topological polar surface area (TPSA) is 144 Å². The van der Waals surface area contributed by atoms with Crippen molar-refractivity contribution in [3.8, 4) is 5.75 Å². The summed E-state index contributed by atoms with van der Waals surface area (Å²) in [6.07, 6.45) is -6.53. The van der Waals surface area contributed by atoms with Crippen LogP contribution in [0.15, 0.2) is 56.7 Å². The molecule has 1 unspecified atom stereocenters. The summed E-state index contributed by atoms with van der Waals surface area (Å²) in [5, 5.41) is 6.04.